The summed E-state index contributed by atoms with van der Waals surface area (Å²) >= 11 is 0. The molecule has 1 aromatic carbocycles. The zero-order valence-electron chi connectivity index (χ0n) is 9.91. The molecule has 0 unspecified atom stereocenters. The van der Waals surface area contributed by atoms with Crippen molar-refractivity contribution in [1.29, 1.82) is 0 Å². The van der Waals surface area contributed by atoms with Crippen LogP contribution in [-0.2, 0) is 9.53 Å². The highest BCUT2D eigenvalue weighted by atomic mass is 19.1. The second-order valence-electron chi connectivity index (χ2n) is 3.83. The first-order valence-electron chi connectivity index (χ1n) is 5.14. The summed E-state index contributed by atoms with van der Waals surface area (Å²) < 4.78 is 17.6. The summed E-state index contributed by atoms with van der Waals surface area (Å²) in [5.41, 5.74) is 0.249. The molecule has 92 valence electrons. The molecule has 0 fully saturated rings. The summed E-state index contributed by atoms with van der Waals surface area (Å²) in [6.45, 7) is 3.40. The Morgan fingerprint density at radius 3 is 2.53 bits per heavy atom. The van der Waals surface area contributed by atoms with E-state index >= 15 is 0 Å². The van der Waals surface area contributed by atoms with Crippen molar-refractivity contribution in [2.75, 3.05) is 12.4 Å². The van der Waals surface area contributed by atoms with Gasteiger partial charge in [-0.1, -0.05) is 13.8 Å². The fourth-order valence-corrected chi connectivity index (χ4v) is 1.18. The molecule has 0 bridgehead atoms. The molecule has 5 heteroatoms. The normalized spacial score (nSPS) is 10.2. The summed E-state index contributed by atoms with van der Waals surface area (Å²) in [6, 6.07) is 3.50. The molecule has 0 aromatic heterocycles. The van der Waals surface area contributed by atoms with Gasteiger partial charge in [0.2, 0.25) is 5.91 Å². The summed E-state index contributed by atoms with van der Waals surface area (Å²) in [5.74, 6) is -1.70. The standard InChI is InChI=1S/C12H14FNO3/c1-7(2)11(15)14-10-6-8(13)4-5-9(10)12(16)17-3/h4-7H,1-3H3,(H,14,15). The van der Waals surface area contributed by atoms with E-state index in [0.717, 1.165) is 12.1 Å². The highest BCUT2D eigenvalue weighted by Gasteiger charge is 2.16. The van der Waals surface area contributed by atoms with Crippen LogP contribution in [0.4, 0.5) is 10.1 Å². The SMILES string of the molecule is COC(=O)c1ccc(F)cc1NC(=O)C(C)C. The molecular weight excluding hydrogens is 225 g/mol. The van der Waals surface area contributed by atoms with Gasteiger partial charge in [0.25, 0.3) is 0 Å². The average molecular weight is 239 g/mol. The van der Waals surface area contributed by atoms with Crippen LogP contribution in [0.3, 0.4) is 0 Å². The molecule has 1 aromatic rings. The van der Waals surface area contributed by atoms with E-state index in [9.17, 15) is 14.0 Å². The van der Waals surface area contributed by atoms with Crippen molar-refractivity contribution in [3.63, 3.8) is 0 Å². The van der Waals surface area contributed by atoms with Gasteiger partial charge in [-0.25, -0.2) is 9.18 Å². The third kappa shape index (κ3) is 3.27. The number of carbonyl (C=O) groups is 2. The van der Waals surface area contributed by atoms with Crippen molar-refractivity contribution < 1.29 is 18.7 Å². The number of hydrogen-bond donors (Lipinski definition) is 1. The van der Waals surface area contributed by atoms with E-state index in [1.807, 2.05) is 0 Å². The first kappa shape index (κ1) is 13.2. The maximum Gasteiger partial charge on any atom is 0.339 e. The van der Waals surface area contributed by atoms with Gasteiger partial charge in [-0.2, -0.15) is 0 Å². The first-order valence-corrected chi connectivity index (χ1v) is 5.14. The van der Waals surface area contributed by atoms with E-state index < -0.39 is 11.8 Å². The number of hydrogen-bond acceptors (Lipinski definition) is 3. The Balaban J connectivity index is 3.07. The molecule has 0 aliphatic heterocycles. The molecule has 1 rings (SSSR count). The lowest BCUT2D eigenvalue weighted by molar-refractivity contribution is -0.118. The van der Waals surface area contributed by atoms with Gasteiger partial charge < -0.3 is 10.1 Å². The summed E-state index contributed by atoms with van der Waals surface area (Å²) in [7, 11) is 1.22. The minimum Gasteiger partial charge on any atom is -0.465 e. The Bertz CT molecular complexity index is 443. The van der Waals surface area contributed by atoms with Gasteiger partial charge in [0.1, 0.15) is 5.82 Å². The molecule has 4 nitrogen and oxygen atoms in total. The lowest BCUT2D eigenvalue weighted by atomic mass is 10.1. The van der Waals surface area contributed by atoms with Gasteiger partial charge >= 0.3 is 5.97 Å². The number of rotatable bonds is 3. The van der Waals surface area contributed by atoms with Crippen molar-refractivity contribution in [2.24, 2.45) is 5.92 Å². The van der Waals surface area contributed by atoms with Crippen LogP contribution in [0.25, 0.3) is 0 Å². The fraction of sp³-hybridized carbons (Fsp3) is 0.333. The zero-order chi connectivity index (χ0) is 13.0. The van der Waals surface area contributed by atoms with Crippen molar-refractivity contribution in [3.05, 3.63) is 29.6 Å². The number of anilines is 1. The second kappa shape index (κ2) is 5.43. The highest BCUT2D eigenvalue weighted by Crippen LogP contribution is 2.19. The van der Waals surface area contributed by atoms with Crippen LogP contribution in [0.15, 0.2) is 18.2 Å². The topological polar surface area (TPSA) is 55.4 Å². The van der Waals surface area contributed by atoms with Gasteiger partial charge in [0.15, 0.2) is 0 Å². The number of carbonyl (C=O) groups excluding carboxylic acids is 2. The molecule has 0 radical (unpaired) electrons. The molecular formula is C12H14FNO3. The number of nitrogens with one attached hydrogen (secondary N) is 1. The van der Waals surface area contributed by atoms with Gasteiger partial charge in [0.05, 0.1) is 18.4 Å². The van der Waals surface area contributed by atoms with Crippen molar-refractivity contribution >= 4 is 17.6 Å². The lowest BCUT2D eigenvalue weighted by Gasteiger charge is -2.11. The summed E-state index contributed by atoms with van der Waals surface area (Å²) in [4.78, 5) is 22.9. The van der Waals surface area contributed by atoms with Gasteiger partial charge in [0, 0.05) is 5.92 Å². The monoisotopic (exact) mass is 239 g/mol. The molecule has 0 aliphatic rings. The molecule has 1 amide bonds. The number of ether oxygens (including phenoxy) is 1. The predicted molar refractivity (Wildman–Crippen MR) is 61.2 cm³/mol. The van der Waals surface area contributed by atoms with E-state index in [2.05, 4.69) is 10.1 Å². The lowest BCUT2D eigenvalue weighted by Crippen LogP contribution is -2.20. The van der Waals surface area contributed by atoms with Crippen LogP contribution in [0.5, 0.6) is 0 Å². The fourth-order valence-electron chi connectivity index (χ4n) is 1.18. The zero-order valence-corrected chi connectivity index (χ0v) is 9.91. The van der Waals surface area contributed by atoms with Crippen LogP contribution in [0, 0.1) is 11.7 Å². The van der Waals surface area contributed by atoms with Crippen LogP contribution >= 0.6 is 0 Å². The Hall–Kier alpha value is -1.91. The van der Waals surface area contributed by atoms with Gasteiger partial charge in [-0.05, 0) is 18.2 Å². The van der Waals surface area contributed by atoms with E-state index in [4.69, 9.17) is 0 Å². The molecule has 0 heterocycles. The van der Waals surface area contributed by atoms with E-state index in [1.54, 1.807) is 13.8 Å². The largest absolute Gasteiger partial charge is 0.465 e. The quantitative estimate of drug-likeness (QED) is 0.823. The molecule has 0 saturated heterocycles. The Kier molecular flexibility index (Phi) is 4.20. The Morgan fingerprint density at radius 1 is 1.35 bits per heavy atom. The van der Waals surface area contributed by atoms with E-state index in [0.29, 0.717) is 0 Å². The van der Waals surface area contributed by atoms with E-state index in [1.165, 1.54) is 13.2 Å². The summed E-state index contributed by atoms with van der Waals surface area (Å²) in [5, 5.41) is 2.49. The number of benzene rings is 1. The van der Waals surface area contributed by atoms with Crippen molar-refractivity contribution in [3.8, 4) is 0 Å². The Morgan fingerprint density at radius 2 is 2.00 bits per heavy atom. The van der Waals surface area contributed by atoms with Crippen molar-refractivity contribution in [1.82, 2.24) is 0 Å². The number of esters is 1. The third-order valence-electron chi connectivity index (χ3n) is 2.17. The van der Waals surface area contributed by atoms with Crippen LogP contribution in [-0.4, -0.2) is 19.0 Å². The third-order valence-corrected chi connectivity index (χ3v) is 2.17. The number of methoxy groups -OCH3 is 1. The maximum absolute atomic E-state index is 13.1. The molecule has 17 heavy (non-hydrogen) atoms. The molecule has 1 N–H and O–H groups in total. The minimum absolute atomic E-state index is 0.121. The Labute approximate surface area is 98.8 Å². The van der Waals surface area contributed by atoms with Crippen LogP contribution in [0.1, 0.15) is 24.2 Å². The van der Waals surface area contributed by atoms with Crippen LogP contribution < -0.4 is 5.32 Å². The molecule has 0 spiro atoms. The first-order chi connectivity index (χ1) is 7.95. The van der Waals surface area contributed by atoms with Crippen molar-refractivity contribution in [2.45, 2.75) is 13.8 Å². The molecule has 0 atom stereocenters. The maximum atomic E-state index is 13.1. The number of amides is 1. The smallest absolute Gasteiger partial charge is 0.339 e. The minimum atomic E-state index is -0.621. The predicted octanol–water partition coefficient (Wildman–Crippen LogP) is 2.21. The summed E-state index contributed by atoms with van der Waals surface area (Å²) in [6.07, 6.45) is 0. The molecule has 0 aliphatic carbocycles. The van der Waals surface area contributed by atoms with Gasteiger partial charge in [-0.15, -0.1) is 0 Å². The number of halogens is 1. The average Bonchev–Trinajstić information content (AvgIpc) is 2.28. The van der Waals surface area contributed by atoms with E-state index in [-0.39, 0.29) is 23.1 Å². The highest BCUT2D eigenvalue weighted by molar-refractivity contribution is 6.01. The molecule has 0 saturated carbocycles. The van der Waals surface area contributed by atoms with Gasteiger partial charge in [-0.3, -0.25) is 4.79 Å². The second-order valence-corrected chi connectivity index (χ2v) is 3.83. The van der Waals surface area contributed by atoms with Crippen LogP contribution in [0.2, 0.25) is 0 Å².